The van der Waals surface area contributed by atoms with Crippen LogP contribution in [0.4, 0.5) is 5.69 Å². The fourth-order valence-electron chi connectivity index (χ4n) is 2.10. The second kappa shape index (κ2) is 5.46. The summed E-state index contributed by atoms with van der Waals surface area (Å²) in [5.74, 6) is 0.625. The molecule has 0 fully saturated rings. The molecule has 0 saturated carbocycles. The van der Waals surface area contributed by atoms with Gasteiger partial charge in [0.1, 0.15) is 0 Å². The molecule has 2 N–H and O–H groups in total. The highest BCUT2D eigenvalue weighted by atomic mass is 79.9. The van der Waals surface area contributed by atoms with Crippen molar-refractivity contribution < 1.29 is 0 Å². The van der Waals surface area contributed by atoms with Crippen LogP contribution in [-0.4, -0.2) is 20.2 Å². The van der Waals surface area contributed by atoms with Gasteiger partial charge in [-0.1, -0.05) is 11.6 Å². The number of hydrogen-bond donors (Lipinski definition) is 1. The van der Waals surface area contributed by atoms with E-state index < -0.39 is 0 Å². The van der Waals surface area contributed by atoms with Crippen molar-refractivity contribution in [3.05, 3.63) is 51.5 Å². The maximum absolute atomic E-state index is 6.02. The van der Waals surface area contributed by atoms with Crippen molar-refractivity contribution in [1.82, 2.24) is 20.2 Å². The minimum Gasteiger partial charge on any atom is -0.399 e. The number of nitrogens with zero attached hydrogens (tertiary/aromatic N) is 4. The first-order valence-corrected chi connectivity index (χ1v) is 7.33. The lowest BCUT2D eigenvalue weighted by molar-refractivity contribution is 0.791. The summed E-state index contributed by atoms with van der Waals surface area (Å²) in [7, 11) is 0. The van der Waals surface area contributed by atoms with Gasteiger partial charge in [-0.25, -0.2) is 0 Å². The van der Waals surface area contributed by atoms with Crippen molar-refractivity contribution in [2.24, 2.45) is 0 Å². The number of tetrazole rings is 1. The molecule has 0 saturated heterocycles. The number of nitrogens with two attached hydrogens (primary N) is 1. The number of nitrogen functional groups attached to an aromatic ring is 1. The van der Waals surface area contributed by atoms with Gasteiger partial charge in [0.2, 0.25) is 0 Å². The van der Waals surface area contributed by atoms with Gasteiger partial charge in [0.05, 0.1) is 10.7 Å². The summed E-state index contributed by atoms with van der Waals surface area (Å²) in [4.78, 5) is 0. The third-order valence-electron chi connectivity index (χ3n) is 2.98. The molecule has 3 rings (SSSR count). The van der Waals surface area contributed by atoms with Crippen LogP contribution in [0.2, 0.25) is 5.02 Å². The lowest BCUT2D eigenvalue weighted by Gasteiger charge is -2.07. The Morgan fingerprint density at radius 2 is 2.00 bits per heavy atom. The monoisotopic (exact) mass is 363 g/mol. The molecule has 106 valence electrons. The standard InChI is InChI=1S/C14H11BrClN5/c1-8-4-9(6-10(17)5-8)14-18-19-20-21(14)11-2-3-13(16)12(15)7-11/h2-7H,17H2,1H3. The molecule has 21 heavy (non-hydrogen) atoms. The molecular weight excluding hydrogens is 354 g/mol. The molecular formula is C14H11BrClN5. The number of benzene rings is 2. The average molecular weight is 365 g/mol. The summed E-state index contributed by atoms with van der Waals surface area (Å²) in [5.41, 5.74) is 9.30. The first-order chi connectivity index (χ1) is 10.0. The van der Waals surface area contributed by atoms with Gasteiger partial charge in [0.15, 0.2) is 5.82 Å². The van der Waals surface area contributed by atoms with E-state index in [4.69, 9.17) is 17.3 Å². The minimum absolute atomic E-state index is 0.625. The maximum atomic E-state index is 6.02. The Hall–Kier alpha value is -1.92. The largest absolute Gasteiger partial charge is 0.399 e. The van der Waals surface area contributed by atoms with Gasteiger partial charge in [-0.3, -0.25) is 0 Å². The summed E-state index contributed by atoms with van der Waals surface area (Å²) in [6, 6.07) is 11.2. The smallest absolute Gasteiger partial charge is 0.187 e. The topological polar surface area (TPSA) is 69.6 Å². The van der Waals surface area contributed by atoms with Crippen LogP contribution in [0.5, 0.6) is 0 Å². The first kappa shape index (κ1) is 14.0. The van der Waals surface area contributed by atoms with Crippen LogP contribution in [-0.2, 0) is 0 Å². The molecule has 1 aromatic heterocycles. The highest BCUT2D eigenvalue weighted by Gasteiger charge is 2.12. The van der Waals surface area contributed by atoms with E-state index in [-0.39, 0.29) is 0 Å². The molecule has 0 spiro atoms. The SMILES string of the molecule is Cc1cc(N)cc(-c2nnnn2-c2ccc(Cl)c(Br)c2)c1. The van der Waals surface area contributed by atoms with Crippen molar-refractivity contribution in [2.45, 2.75) is 6.92 Å². The summed E-state index contributed by atoms with van der Waals surface area (Å²) in [6.45, 7) is 1.98. The Labute approximate surface area is 134 Å². The molecule has 0 aliphatic carbocycles. The van der Waals surface area contributed by atoms with Crippen LogP contribution in [0.15, 0.2) is 40.9 Å². The molecule has 0 aliphatic heterocycles. The number of aryl methyl sites for hydroxylation is 1. The fraction of sp³-hybridized carbons (Fsp3) is 0.0714. The van der Waals surface area contributed by atoms with Crippen LogP contribution < -0.4 is 5.73 Å². The summed E-state index contributed by atoms with van der Waals surface area (Å²) >= 11 is 9.42. The molecule has 7 heteroatoms. The zero-order valence-corrected chi connectivity index (χ0v) is 13.4. The third-order valence-corrected chi connectivity index (χ3v) is 4.19. The quantitative estimate of drug-likeness (QED) is 0.705. The third kappa shape index (κ3) is 2.77. The van der Waals surface area contributed by atoms with E-state index in [0.717, 1.165) is 21.3 Å². The van der Waals surface area contributed by atoms with Crippen LogP contribution in [0.1, 0.15) is 5.56 Å². The van der Waals surface area contributed by atoms with Gasteiger partial charge in [-0.05, 0) is 75.2 Å². The molecule has 0 aliphatic rings. The van der Waals surface area contributed by atoms with E-state index in [1.54, 1.807) is 10.7 Å². The second-order valence-corrected chi connectivity index (χ2v) is 5.91. The normalized spacial score (nSPS) is 10.8. The van der Waals surface area contributed by atoms with Gasteiger partial charge in [0, 0.05) is 15.7 Å². The van der Waals surface area contributed by atoms with Gasteiger partial charge >= 0.3 is 0 Å². The van der Waals surface area contributed by atoms with E-state index in [2.05, 4.69) is 31.5 Å². The molecule has 5 nitrogen and oxygen atoms in total. The van der Waals surface area contributed by atoms with Crippen molar-refractivity contribution in [3.8, 4) is 17.1 Å². The number of anilines is 1. The number of hydrogen-bond acceptors (Lipinski definition) is 4. The predicted octanol–water partition coefficient (Wildman–Crippen LogP) is 3.64. The summed E-state index contributed by atoms with van der Waals surface area (Å²) in [6.07, 6.45) is 0. The Balaban J connectivity index is 2.14. The van der Waals surface area contributed by atoms with Gasteiger partial charge in [0.25, 0.3) is 0 Å². The number of halogens is 2. The molecule has 0 atom stereocenters. The van der Waals surface area contributed by atoms with Crippen LogP contribution in [0.25, 0.3) is 17.1 Å². The van der Waals surface area contributed by atoms with Gasteiger partial charge < -0.3 is 5.73 Å². The Morgan fingerprint density at radius 3 is 2.71 bits per heavy atom. The van der Waals surface area contributed by atoms with Crippen LogP contribution in [0.3, 0.4) is 0 Å². The van der Waals surface area contributed by atoms with Gasteiger partial charge in [-0.2, -0.15) is 4.68 Å². The summed E-state index contributed by atoms with van der Waals surface area (Å²) in [5, 5.41) is 12.5. The minimum atomic E-state index is 0.625. The van der Waals surface area contributed by atoms with Crippen molar-refractivity contribution in [3.63, 3.8) is 0 Å². The van der Waals surface area contributed by atoms with Gasteiger partial charge in [-0.15, -0.1) is 5.10 Å². The lowest BCUT2D eigenvalue weighted by Crippen LogP contribution is -2.00. The van der Waals surface area contributed by atoms with Crippen molar-refractivity contribution >= 4 is 33.2 Å². The number of rotatable bonds is 2. The highest BCUT2D eigenvalue weighted by molar-refractivity contribution is 9.10. The molecule has 3 aromatic rings. The predicted molar refractivity (Wildman–Crippen MR) is 86.4 cm³/mol. The molecule has 0 bridgehead atoms. The highest BCUT2D eigenvalue weighted by Crippen LogP contribution is 2.27. The maximum Gasteiger partial charge on any atom is 0.187 e. The van der Waals surface area contributed by atoms with E-state index in [1.165, 1.54) is 0 Å². The Kier molecular flexibility index (Phi) is 3.65. The zero-order chi connectivity index (χ0) is 15.0. The summed E-state index contributed by atoms with van der Waals surface area (Å²) < 4.78 is 2.43. The Morgan fingerprint density at radius 1 is 1.19 bits per heavy atom. The van der Waals surface area contributed by atoms with Crippen molar-refractivity contribution in [1.29, 1.82) is 0 Å². The van der Waals surface area contributed by atoms with E-state index in [1.807, 2.05) is 37.3 Å². The molecule has 0 radical (unpaired) electrons. The second-order valence-electron chi connectivity index (χ2n) is 4.65. The van der Waals surface area contributed by atoms with E-state index in [9.17, 15) is 0 Å². The Bertz CT molecular complexity index is 795. The van der Waals surface area contributed by atoms with Crippen LogP contribution in [0, 0.1) is 6.92 Å². The van der Waals surface area contributed by atoms with Crippen molar-refractivity contribution in [2.75, 3.05) is 5.73 Å². The molecule has 0 amide bonds. The van der Waals surface area contributed by atoms with Crippen LogP contribution >= 0.6 is 27.5 Å². The lowest BCUT2D eigenvalue weighted by atomic mass is 10.1. The molecule has 1 heterocycles. The fourth-order valence-corrected chi connectivity index (χ4v) is 2.58. The average Bonchev–Trinajstić information content (AvgIpc) is 2.90. The molecule has 0 unspecified atom stereocenters. The number of aromatic nitrogens is 4. The van der Waals surface area contributed by atoms with E-state index in [0.29, 0.717) is 16.5 Å². The van der Waals surface area contributed by atoms with E-state index >= 15 is 0 Å². The first-order valence-electron chi connectivity index (χ1n) is 6.16. The zero-order valence-electron chi connectivity index (χ0n) is 11.1. The molecule has 2 aromatic carbocycles.